The molecule has 1 aliphatic rings. The van der Waals surface area contributed by atoms with Crippen LogP contribution in [0.15, 0.2) is 36.5 Å². The van der Waals surface area contributed by atoms with Crippen LogP contribution in [0.4, 0.5) is 0 Å². The first-order valence-electron chi connectivity index (χ1n) is 13.3. The summed E-state index contributed by atoms with van der Waals surface area (Å²) < 4.78 is 0. The first-order chi connectivity index (χ1) is 16.4. The zero-order valence-electron chi connectivity index (χ0n) is 24.5. The molecule has 0 saturated carbocycles. The van der Waals surface area contributed by atoms with E-state index in [0.717, 1.165) is 34.9 Å². The summed E-state index contributed by atoms with van der Waals surface area (Å²) in [7, 11) is 0. The molecule has 4 heteroatoms. The molecule has 0 atom stereocenters. The summed E-state index contributed by atoms with van der Waals surface area (Å²) in [5, 5.41) is 0. The van der Waals surface area contributed by atoms with Crippen LogP contribution in [0.3, 0.4) is 0 Å². The van der Waals surface area contributed by atoms with Crippen LogP contribution < -0.4 is 0 Å². The molecule has 4 nitrogen and oxygen atoms in total. The molecular formula is C32H44N4. The minimum absolute atomic E-state index is 0.0680. The van der Waals surface area contributed by atoms with Crippen molar-refractivity contribution in [1.82, 2.24) is 19.9 Å². The van der Waals surface area contributed by atoms with E-state index in [2.05, 4.69) is 113 Å². The zero-order chi connectivity index (χ0) is 26.9. The van der Waals surface area contributed by atoms with Gasteiger partial charge in [-0.25, -0.2) is 15.0 Å². The van der Waals surface area contributed by atoms with Gasteiger partial charge in [-0.3, -0.25) is 4.98 Å². The lowest BCUT2D eigenvalue weighted by Crippen LogP contribution is -2.42. The predicted molar refractivity (Wildman–Crippen MR) is 150 cm³/mol. The Morgan fingerprint density at radius 3 is 1.83 bits per heavy atom. The quantitative estimate of drug-likeness (QED) is 0.374. The second-order valence-electron chi connectivity index (χ2n) is 13.9. The van der Waals surface area contributed by atoms with Crippen molar-refractivity contribution in [2.75, 3.05) is 0 Å². The van der Waals surface area contributed by atoms with E-state index < -0.39 is 0 Å². The smallest absolute Gasteiger partial charge is 0.164 e. The highest BCUT2D eigenvalue weighted by Crippen LogP contribution is 2.61. The Morgan fingerprint density at radius 2 is 1.28 bits per heavy atom. The molecule has 0 spiro atoms. The molecular weight excluding hydrogens is 440 g/mol. The molecule has 1 aromatic carbocycles. The Balaban J connectivity index is 1.76. The predicted octanol–water partition coefficient (Wildman–Crippen LogP) is 8.18. The molecule has 192 valence electrons. The van der Waals surface area contributed by atoms with E-state index in [-0.39, 0.29) is 27.1 Å². The summed E-state index contributed by atoms with van der Waals surface area (Å²) in [4.78, 5) is 19.5. The molecule has 4 rings (SSSR count). The third-order valence-corrected chi connectivity index (χ3v) is 9.60. The summed E-state index contributed by atoms with van der Waals surface area (Å²) in [6.07, 6.45) is 2.87. The lowest BCUT2D eigenvalue weighted by molar-refractivity contribution is 0.125. The van der Waals surface area contributed by atoms with E-state index in [9.17, 15) is 0 Å². The SMILES string of the molecule is CCC(C)(C)c1nc(-c2ccc(-c3ccc4c(c3)C(C)(C)C(C)(C)C4(C)C)nc2)nc(C(C)(C)C)n1. The molecule has 0 radical (unpaired) electrons. The fraction of sp³-hybridized carbons (Fsp3) is 0.562. The first kappa shape index (κ1) is 26.4. The first-order valence-corrected chi connectivity index (χ1v) is 13.3. The summed E-state index contributed by atoms with van der Waals surface area (Å²) in [6, 6.07) is 11.1. The number of rotatable bonds is 4. The van der Waals surface area contributed by atoms with E-state index in [1.165, 1.54) is 11.1 Å². The molecule has 2 aromatic heterocycles. The van der Waals surface area contributed by atoms with Crippen LogP contribution in [0.2, 0.25) is 0 Å². The maximum Gasteiger partial charge on any atom is 0.164 e. The van der Waals surface area contributed by atoms with Crippen LogP contribution in [-0.4, -0.2) is 19.9 Å². The van der Waals surface area contributed by atoms with E-state index in [0.29, 0.717) is 5.82 Å². The molecule has 0 amide bonds. The van der Waals surface area contributed by atoms with Gasteiger partial charge in [0.05, 0.1) is 5.69 Å². The van der Waals surface area contributed by atoms with Crippen LogP contribution in [0.5, 0.6) is 0 Å². The Morgan fingerprint density at radius 1 is 0.694 bits per heavy atom. The molecule has 0 N–H and O–H groups in total. The van der Waals surface area contributed by atoms with Gasteiger partial charge in [0.25, 0.3) is 0 Å². The van der Waals surface area contributed by atoms with Crippen LogP contribution in [-0.2, 0) is 21.7 Å². The van der Waals surface area contributed by atoms with Crippen molar-refractivity contribution in [1.29, 1.82) is 0 Å². The lowest BCUT2D eigenvalue weighted by Gasteiger charge is -2.44. The Bertz CT molecular complexity index is 1290. The monoisotopic (exact) mass is 484 g/mol. The Hall–Kier alpha value is -2.62. The molecule has 0 fully saturated rings. The molecule has 2 heterocycles. The summed E-state index contributed by atoms with van der Waals surface area (Å²) >= 11 is 0. The van der Waals surface area contributed by atoms with Crippen LogP contribution >= 0.6 is 0 Å². The average molecular weight is 485 g/mol. The van der Waals surface area contributed by atoms with E-state index in [4.69, 9.17) is 19.9 Å². The van der Waals surface area contributed by atoms with Crippen molar-refractivity contribution < 1.29 is 0 Å². The number of hydrogen-bond donors (Lipinski definition) is 0. The maximum absolute atomic E-state index is 4.90. The number of benzene rings is 1. The molecule has 36 heavy (non-hydrogen) atoms. The largest absolute Gasteiger partial charge is 0.255 e. The molecule has 0 aliphatic heterocycles. The fourth-order valence-corrected chi connectivity index (χ4v) is 5.22. The third kappa shape index (κ3) is 3.97. The third-order valence-electron chi connectivity index (χ3n) is 9.60. The highest BCUT2D eigenvalue weighted by atomic mass is 15.1. The van der Waals surface area contributed by atoms with Crippen molar-refractivity contribution in [2.45, 2.75) is 111 Å². The van der Waals surface area contributed by atoms with Gasteiger partial charge in [0.15, 0.2) is 5.82 Å². The van der Waals surface area contributed by atoms with Gasteiger partial charge in [-0.05, 0) is 52.0 Å². The van der Waals surface area contributed by atoms with Crippen LogP contribution in [0, 0.1) is 5.41 Å². The van der Waals surface area contributed by atoms with Gasteiger partial charge in [-0.2, -0.15) is 0 Å². The van der Waals surface area contributed by atoms with Gasteiger partial charge >= 0.3 is 0 Å². The van der Waals surface area contributed by atoms with Gasteiger partial charge in [0, 0.05) is 28.2 Å². The molecule has 0 unspecified atom stereocenters. The molecule has 0 bridgehead atoms. The van der Waals surface area contributed by atoms with Gasteiger partial charge in [0.1, 0.15) is 11.6 Å². The van der Waals surface area contributed by atoms with Crippen molar-refractivity contribution in [3.8, 4) is 22.6 Å². The van der Waals surface area contributed by atoms with Crippen molar-refractivity contribution in [2.24, 2.45) is 5.41 Å². The topological polar surface area (TPSA) is 51.6 Å². The highest BCUT2D eigenvalue weighted by molar-refractivity contribution is 5.66. The molecule has 0 saturated heterocycles. The van der Waals surface area contributed by atoms with E-state index >= 15 is 0 Å². The number of pyridine rings is 1. The second-order valence-corrected chi connectivity index (χ2v) is 13.9. The van der Waals surface area contributed by atoms with Crippen molar-refractivity contribution >= 4 is 0 Å². The summed E-state index contributed by atoms with van der Waals surface area (Å²) in [6.45, 7) is 27.3. The van der Waals surface area contributed by atoms with Gasteiger partial charge < -0.3 is 0 Å². The fourth-order valence-electron chi connectivity index (χ4n) is 5.22. The van der Waals surface area contributed by atoms with Gasteiger partial charge in [0.2, 0.25) is 0 Å². The standard InChI is InChI=1S/C32H44N4/c1-13-29(5,6)27-35-25(34-26(36-27)28(2,3)4)21-15-17-24(33-19-21)20-14-16-22-23(18-20)31(9,10)32(11,12)30(22,7)8/h14-19H,13H2,1-12H3. The maximum atomic E-state index is 4.90. The van der Waals surface area contributed by atoms with Gasteiger partial charge in [-0.15, -0.1) is 0 Å². The number of hydrogen-bond acceptors (Lipinski definition) is 4. The highest BCUT2D eigenvalue weighted by Gasteiger charge is 2.56. The Labute approximate surface area is 218 Å². The minimum Gasteiger partial charge on any atom is -0.255 e. The van der Waals surface area contributed by atoms with Crippen LogP contribution in [0.1, 0.15) is 112 Å². The zero-order valence-corrected chi connectivity index (χ0v) is 24.5. The number of aromatic nitrogens is 4. The van der Waals surface area contributed by atoms with Gasteiger partial charge in [-0.1, -0.05) is 95.2 Å². The van der Waals surface area contributed by atoms with Crippen molar-refractivity contribution in [3.63, 3.8) is 0 Å². The lowest BCUT2D eigenvalue weighted by atomic mass is 9.59. The summed E-state index contributed by atoms with van der Waals surface area (Å²) in [5.41, 5.74) is 5.96. The minimum atomic E-state index is -0.164. The van der Waals surface area contributed by atoms with E-state index in [1.807, 2.05) is 6.20 Å². The summed E-state index contributed by atoms with van der Waals surface area (Å²) in [5.74, 6) is 2.36. The normalized spacial score (nSPS) is 18.2. The second kappa shape index (κ2) is 8.19. The number of fused-ring (bicyclic) bond motifs is 1. The van der Waals surface area contributed by atoms with Crippen molar-refractivity contribution in [3.05, 3.63) is 59.3 Å². The molecule has 3 aromatic rings. The molecule has 1 aliphatic carbocycles. The van der Waals surface area contributed by atoms with E-state index in [1.54, 1.807) is 0 Å². The van der Waals surface area contributed by atoms with Crippen LogP contribution in [0.25, 0.3) is 22.6 Å². The Kier molecular flexibility index (Phi) is 6.02. The average Bonchev–Trinajstić information content (AvgIpc) is 2.92. The number of nitrogens with zero attached hydrogens (tertiary/aromatic N) is 4.